The third-order valence-electron chi connectivity index (χ3n) is 1.18. The van der Waals surface area contributed by atoms with Crippen LogP contribution in [0.2, 0.25) is 0 Å². The first kappa shape index (κ1) is 10.8. The minimum Gasteiger partial charge on any atom is -0.379 e. The van der Waals surface area contributed by atoms with Crippen LogP contribution >= 0.6 is 34.8 Å². The smallest absolute Gasteiger partial charge is 0.193 e. The molecule has 0 amide bonds. The fourth-order valence-electron chi connectivity index (χ4n) is 0.555. The van der Waals surface area contributed by atoms with Crippen LogP contribution in [0.15, 0.2) is 0 Å². The second kappa shape index (κ2) is 3.48. The normalized spacial score (nSPS) is 13.8. The minimum atomic E-state index is -1.22. The molecule has 4 heteroatoms. The van der Waals surface area contributed by atoms with Gasteiger partial charge in [-0.2, -0.15) is 0 Å². The van der Waals surface area contributed by atoms with Crippen molar-refractivity contribution in [2.24, 2.45) is 0 Å². The van der Waals surface area contributed by atoms with Gasteiger partial charge in [0, 0.05) is 13.5 Å². The van der Waals surface area contributed by atoms with Gasteiger partial charge < -0.3 is 4.74 Å². The summed E-state index contributed by atoms with van der Waals surface area (Å²) in [5.41, 5.74) is -0.370. The van der Waals surface area contributed by atoms with Gasteiger partial charge in [0.25, 0.3) is 0 Å². The van der Waals surface area contributed by atoms with E-state index in [4.69, 9.17) is 39.5 Å². The highest BCUT2D eigenvalue weighted by Crippen LogP contribution is 2.35. The molecule has 0 heterocycles. The molecule has 0 rings (SSSR count). The lowest BCUT2D eigenvalue weighted by molar-refractivity contribution is 0.0165. The van der Waals surface area contributed by atoms with Gasteiger partial charge in [-0.05, 0) is 13.8 Å². The first-order chi connectivity index (χ1) is 4.27. The molecule has 0 radical (unpaired) electrons. The summed E-state index contributed by atoms with van der Waals surface area (Å²) in [7, 11) is 1.59. The number of hydrogen-bond acceptors (Lipinski definition) is 1. The first-order valence-electron chi connectivity index (χ1n) is 2.89. The van der Waals surface area contributed by atoms with E-state index in [-0.39, 0.29) is 5.60 Å². The molecule has 0 aliphatic carbocycles. The van der Waals surface area contributed by atoms with E-state index in [2.05, 4.69) is 0 Å². The standard InChI is InChI=1S/C6H11Cl3O/c1-5(2,10-3)4-6(7,8)9/h4H2,1-3H3. The Bertz CT molecular complexity index is 106. The quantitative estimate of drug-likeness (QED) is 0.629. The van der Waals surface area contributed by atoms with Gasteiger partial charge in [-0.25, -0.2) is 0 Å². The van der Waals surface area contributed by atoms with Crippen molar-refractivity contribution in [2.75, 3.05) is 7.11 Å². The zero-order valence-electron chi connectivity index (χ0n) is 6.25. The van der Waals surface area contributed by atoms with E-state index in [1.807, 2.05) is 13.8 Å². The van der Waals surface area contributed by atoms with Crippen molar-refractivity contribution in [2.45, 2.75) is 29.7 Å². The van der Waals surface area contributed by atoms with Crippen molar-refractivity contribution in [3.63, 3.8) is 0 Å². The maximum absolute atomic E-state index is 5.55. The van der Waals surface area contributed by atoms with Gasteiger partial charge in [0.1, 0.15) is 0 Å². The Balaban J connectivity index is 3.89. The van der Waals surface area contributed by atoms with Crippen molar-refractivity contribution in [3.8, 4) is 0 Å². The van der Waals surface area contributed by atoms with Gasteiger partial charge >= 0.3 is 0 Å². The molecule has 0 aliphatic rings. The zero-order valence-corrected chi connectivity index (χ0v) is 8.52. The molecular weight excluding hydrogens is 194 g/mol. The lowest BCUT2D eigenvalue weighted by atomic mass is 10.1. The van der Waals surface area contributed by atoms with Crippen LogP contribution in [0.5, 0.6) is 0 Å². The Morgan fingerprint density at radius 1 is 1.20 bits per heavy atom. The molecule has 0 bridgehead atoms. The van der Waals surface area contributed by atoms with Crippen LogP contribution in [-0.4, -0.2) is 16.5 Å². The van der Waals surface area contributed by atoms with Crippen molar-refractivity contribution in [3.05, 3.63) is 0 Å². The number of rotatable bonds is 2. The summed E-state index contributed by atoms with van der Waals surface area (Å²) in [5, 5.41) is 0. The molecule has 1 nitrogen and oxygen atoms in total. The van der Waals surface area contributed by atoms with Gasteiger partial charge in [0.15, 0.2) is 3.79 Å². The maximum atomic E-state index is 5.55. The molecule has 0 aliphatic heterocycles. The summed E-state index contributed by atoms with van der Waals surface area (Å²) in [4.78, 5) is 0. The molecule has 0 aromatic carbocycles. The summed E-state index contributed by atoms with van der Waals surface area (Å²) in [6.07, 6.45) is 0.390. The fraction of sp³-hybridized carbons (Fsp3) is 1.00. The molecule has 10 heavy (non-hydrogen) atoms. The van der Waals surface area contributed by atoms with Crippen LogP contribution in [0.3, 0.4) is 0 Å². The molecule has 0 spiro atoms. The summed E-state index contributed by atoms with van der Waals surface area (Å²) in [6, 6.07) is 0. The molecule has 0 fully saturated rings. The highest BCUT2D eigenvalue weighted by molar-refractivity contribution is 6.67. The van der Waals surface area contributed by atoms with Crippen LogP contribution in [0.4, 0.5) is 0 Å². The maximum Gasteiger partial charge on any atom is 0.193 e. The predicted octanol–water partition coefficient (Wildman–Crippen LogP) is 3.17. The lowest BCUT2D eigenvalue weighted by Crippen LogP contribution is -2.28. The lowest BCUT2D eigenvalue weighted by Gasteiger charge is -2.26. The molecular formula is C6H11Cl3O. The second-order valence-corrected chi connectivity index (χ2v) is 5.27. The van der Waals surface area contributed by atoms with Gasteiger partial charge in [0.05, 0.1) is 5.60 Å². The van der Waals surface area contributed by atoms with Gasteiger partial charge in [-0.15, -0.1) is 0 Å². The van der Waals surface area contributed by atoms with Crippen LogP contribution < -0.4 is 0 Å². The Morgan fingerprint density at radius 3 is 1.70 bits per heavy atom. The van der Waals surface area contributed by atoms with E-state index in [9.17, 15) is 0 Å². The van der Waals surface area contributed by atoms with E-state index in [0.29, 0.717) is 6.42 Å². The molecule has 0 saturated carbocycles. The van der Waals surface area contributed by atoms with Crippen LogP contribution in [-0.2, 0) is 4.74 Å². The highest BCUT2D eigenvalue weighted by Gasteiger charge is 2.30. The Kier molecular flexibility index (Phi) is 3.77. The predicted molar refractivity (Wildman–Crippen MR) is 46.0 cm³/mol. The molecule has 0 saturated heterocycles. The number of ether oxygens (including phenoxy) is 1. The van der Waals surface area contributed by atoms with Crippen molar-refractivity contribution < 1.29 is 4.74 Å². The summed E-state index contributed by atoms with van der Waals surface area (Å²) >= 11 is 16.6. The fourth-order valence-corrected chi connectivity index (χ4v) is 1.52. The SMILES string of the molecule is COC(C)(C)CC(Cl)(Cl)Cl. The minimum absolute atomic E-state index is 0.370. The third-order valence-corrected chi connectivity index (χ3v) is 1.58. The number of methoxy groups -OCH3 is 1. The molecule has 0 aromatic rings. The molecule has 62 valence electrons. The van der Waals surface area contributed by atoms with Crippen LogP contribution in [0.1, 0.15) is 20.3 Å². The van der Waals surface area contributed by atoms with Gasteiger partial charge in [-0.3, -0.25) is 0 Å². The monoisotopic (exact) mass is 204 g/mol. The average molecular weight is 206 g/mol. The van der Waals surface area contributed by atoms with E-state index in [1.165, 1.54) is 0 Å². The van der Waals surface area contributed by atoms with E-state index in [0.717, 1.165) is 0 Å². The number of halogens is 3. The third kappa shape index (κ3) is 5.60. The highest BCUT2D eigenvalue weighted by atomic mass is 35.6. The van der Waals surface area contributed by atoms with Crippen LogP contribution in [0, 0.1) is 0 Å². The molecule has 0 unspecified atom stereocenters. The Morgan fingerprint density at radius 2 is 1.60 bits per heavy atom. The molecule has 0 N–H and O–H groups in total. The van der Waals surface area contributed by atoms with Crippen molar-refractivity contribution in [1.29, 1.82) is 0 Å². The van der Waals surface area contributed by atoms with Crippen molar-refractivity contribution >= 4 is 34.8 Å². The number of hydrogen-bond donors (Lipinski definition) is 0. The van der Waals surface area contributed by atoms with Gasteiger partial charge in [-0.1, -0.05) is 34.8 Å². The average Bonchev–Trinajstić information content (AvgIpc) is 1.60. The summed E-state index contributed by atoms with van der Waals surface area (Å²) in [6.45, 7) is 3.74. The first-order valence-corrected chi connectivity index (χ1v) is 4.02. The largest absolute Gasteiger partial charge is 0.379 e. The molecule has 0 aromatic heterocycles. The van der Waals surface area contributed by atoms with Gasteiger partial charge in [0.2, 0.25) is 0 Å². The van der Waals surface area contributed by atoms with E-state index < -0.39 is 3.79 Å². The summed E-state index contributed by atoms with van der Waals surface area (Å²) < 4.78 is 3.84. The Labute approximate surface area is 76.6 Å². The molecule has 0 atom stereocenters. The van der Waals surface area contributed by atoms with E-state index in [1.54, 1.807) is 7.11 Å². The topological polar surface area (TPSA) is 9.23 Å². The second-order valence-electron chi connectivity index (χ2n) is 2.76. The van der Waals surface area contributed by atoms with E-state index >= 15 is 0 Å². The van der Waals surface area contributed by atoms with Crippen molar-refractivity contribution in [1.82, 2.24) is 0 Å². The van der Waals surface area contributed by atoms with Crippen LogP contribution in [0.25, 0.3) is 0 Å². The summed E-state index contributed by atoms with van der Waals surface area (Å²) in [5.74, 6) is 0. The Hall–Kier alpha value is 0.830. The number of alkyl halides is 3. The zero-order chi connectivity index (χ0) is 8.41.